The Hall–Kier alpha value is -1.75. The molecule has 0 aromatic heterocycles. The molecular weight excluding hydrogens is 242 g/mol. The quantitative estimate of drug-likeness (QED) is 0.376. The third-order valence-electron chi connectivity index (χ3n) is 3.49. The van der Waals surface area contributed by atoms with E-state index in [1.54, 1.807) is 0 Å². The van der Waals surface area contributed by atoms with Crippen LogP contribution in [-0.4, -0.2) is 36.8 Å². The zero-order chi connectivity index (χ0) is 13.8. The number of anilines is 1. The summed E-state index contributed by atoms with van der Waals surface area (Å²) in [4.78, 5) is 2.14. The minimum Gasteiger partial charge on any atom is -0.409 e. The standard InChI is InChI=1S/C14H21N3O2/c1-10-6-7-13(19-10)9-17(2)12-5-3-4-11(8-12)14(15)16-18/h3-5,8,10,13,18H,6-7,9H2,1-2H3,(H2,15,16). The van der Waals surface area contributed by atoms with Crippen LogP contribution in [0.15, 0.2) is 29.4 Å². The molecule has 2 rings (SSSR count). The molecule has 2 atom stereocenters. The van der Waals surface area contributed by atoms with E-state index in [2.05, 4.69) is 17.0 Å². The molecule has 1 aliphatic rings. The third-order valence-corrected chi connectivity index (χ3v) is 3.49. The molecule has 0 spiro atoms. The average Bonchev–Trinajstić information content (AvgIpc) is 2.83. The summed E-state index contributed by atoms with van der Waals surface area (Å²) >= 11 is 0. The number of rotatable bonds is 4. The topological polar surface area (TPSA) is 71.1 Å². The molecule has 0 bridgehead atoms. The second-order valence-electron chi connectivity index (χ2n) is 5.06. The van der Waals surface area contributed by atoms with Gasteiger partial charge in [-0.2, -0.15) is 0 Å². The van der Waals surface area contributed by atoms with Crippen LogP contribution in [0.25, 0.3) is 0 Å². The molecule has 1 heterocycles. The Balaban J connectivity index is 2.04. The zero-order valence-electron chi connectivity index (χ0n) is 11.4. The van der Waals surface area contributed by atoms with Crippen molar-refractivity contribution >= 4 is 11.5 Å². The third kappa shape index (κ3) is 3.38. The number of hydrogen-bond donors (Lipinski definition) is 2. The van der Waals surface area contributed by atoms with Crippen LogP contribution in [0.5, 0.6) is 0 Å². The highest BCUT2D eigenvalue weighted by molar-refractivity contribution is 5.97. The van der Waals surface area contributed by atoms with E-state index < -0.39 is 0 Å². The molecule has 2 unspecified atom stereocenters. The van der Waals surface area contributed by atoms with Crippen LogP contribution in [0, 0.1) is 0 Å². The lowest BCUT2D eigenvalue weighted by Crippen LogP contribution is -2.29. The van der Waals surface area contributed by atoms with Gasteiger partial charge in [0.15, 0.2) is 5.84 Å². The molecule has 1 aliphatic heterocycles. The molecular formula is C14H21N3O2. The van der Waals surface area contributed by atoms with Gasteiger partial charge in [0.05, 0.1) is 12.2 Å². The fraction of sp³-hybridized carbons (Fsp3) is 0.500. The molecule has 1 saturated heterocycles. The normalized spacial score (nSPS) is 23.6. The number of nitrogens with two attached hydrogens (primary N) is 1. The van der Waals surface area contributed by atoms with E-state index in [1.807, 2.05) is 31.3 Å². The van der Waals surface area contributed by atoms with Crippen LogP contribution in [0.1, 0.15) is 25.3 Å². The Labute approximate surface area is 113 Å². The Morgan fingerprint density at radius 2 is 2.32 bits per heavy atom. The number of hydrogen-bond acceptors (Lipinski definition) is 4. The first kappa shape index (κ1) is 13.7. The number of ether oxygens (including phenoxy) is 1. The van der Waals surface area contributed by atoms with E-state index in [-0.39, 0.29) is 11.9 Å². The van der Waals surface area contributed by atoms with E-state index in [0.29, 0.717) is 11.7 Å². The summed E-state index contributed by atoms with van der Waals surface area (Å²) in [5.41, 5.74) is 7.35. The van der Waals surface area contributed by atoms with Crippen molar-refractivity contribution in [3.05, 3.63) is 29.8 Å². The second kappa shape index (κ2) is 5.93. The van der Waals surface area contributed by atoms with Gasteiger partial charge in [-0.25, -0.2) is 0 Å². The Bertz CT molecular complexity index is 462. The van der Waals surface area contributed by atoms with Crippen LogP contribution in [-0.2, 0) is 4.74 Å². The number of likely N-dealkylation sites (N-methyl/N-ethyl adjacent to an activating group) is 1. The fourth-order valence-electron chi connectivity index (χ4n) is 2.39. The van der Waals surface area contributed by atoms with Gasteiger partial charge < -0.3 is 20.6 Å². The SMILES string of the molecule is CC1CCC(CN(C)c2cccc(/C(N)=N/O)c2)O1. The van der Waals surface area contributed by atoms with Gasteiger partial charge in [0.2, 0.25) is 0 Å². The number of oxime groups is 1. The fourth-order valence-corrected chi connectivity index (χ4v) is 2.39. The van der Waals surface area contributed by atoms with Gasteiger partial charge >= 0.3 is 0 Å². The first-order chi connectivity index (χ1) is 9.10. The minimum absolute atomic E-state index is 0.126. The predicted molar refractivity (Wildman–Crippen MR) is 75.8 cm³/mol. The second-order valence-corrected chi connectivity index (χ2v) is 5.06. The van der Waals surface area contributed by atoms with Gasteiger partial charge in [-0.3, -0.25) is 0 Å². The highest BCUT2D eigenvalue weighted by atomic mass is 16.5. The zero-order valence-corrected chi connectivity index (χ0v) is 11.4. The summed E-state index contributed by atoms with van der Waals surface area (Å²) in [5, 5.41) is 11.7. The maximum absolute atomic E-state index is 8.71. The predicted octanol–water partition coefficient (Wildman–Crippen LogP) is 1.78. The first-order valence-corrected chi connectivity index (χ1v) is 6.54. The molecule has 104 valence electrons. The summed E-state index contributed by atoms with van der Waals surface area (Å²) in [6.45, 7) is 2.96. The molecule has 0 saturated carbocycles. The maximum atomic E-state index is 8.71. The van der Waals surface area contributed by atoms with Crippen LogP contribution >= 0.6 is 0 Å². The van der Waals surface area contributed by atoms with E-state index in [0.717, 1.165) is 25.1 Å². The molecule has 1 aromatic rings. The number of nitrogens with zero attached hydrogens (tertiary/aromatic N) is 2. The van der Waals surface area contributed by atoms with Crippen molar-refractivity contribution in [1.82, 2.24) is 0 Å². The highest BCUT2D eigenvalue weighted by Gasteiger charge is 2.23. The summed E-state index contributed by atoms with van der Waals surface area (Å²) in [6, 6.07) is 7.64. The highest BCUT2D eigenvalue weighted by Crippen LogP contribution is 2.22. The van der Waals surface area contributed by atoms with Gasteiger partial charge in [0, 0.05) is 24.8 Å². The van der Waals surface area contributed by atoms with Crippen molar-refractivity contribution < 1.29 is 9.94 Å². The van der Waals surface area contributed by atoms with Crippen LogP contribution < -0.4 is 10.6 Å². The van der Waals surface area contributed by atoms with Gasteiger partial charge in [0.25, 0.3) is 0 Å². The van der Waals surface area contributed by atoms with E-state index in [9.17, 15) is 0 Å². The van der Waals surface area contributed by atoms with Crippen molar-refractivity contribution in [1.29, 1.82) is 0 Å². The average molecular weight is 263 g/mol. The Morgan fingerprint density at radius 1 is 1.53 bits per heavy atom. The number of amidine groups is 1. The van der Waals surface area contributed by atoms with Crippen LogP contribution in [0.4, 0.5) is 5.69 Å². The monoisotopic (exact) mass is 263 g/mol. The van der Waals surface area contributed by atoms with Gasteiger partial charge in [-0.15, -0.1) is 0 Å². The molecule has 0 aliphatic carbocycles. The number of benzene rings is 1. The van der Waals surface area contributed by atoms with Crippen molar-refractivity contribution in [3.63, 3.8) is 0 Å². The molecule has 0 amide bonds. The largest absolute Gasteiger partial charge is 0.409 e. The molecule has 5 heteroatoms. The van der Waals surface area contributed by atoms with Gasteiger partial charge in [-0.1, -0.05) is 17.3 Å². The summed E-state index contributed by atoms with van der Waals surface area (Å²) in [5.74, 6) is 0.126. The smallest absolute Gasteiger partial charge is 0.170 e. The van der Waals surface area contributed by atoms with Crippen LogP contribution in [0.2, 0.25) is 0 Å². The lowest BCUT2D eigenvalue weighted by atomic mass is 10.1. The molecule has 19 heavy (non-hydrogen) atoms. The van der Waals surface area contributed by atoms with Gasteiger partial charge in [-0.05, 0) is 31.9 Å². The van der Waals surface area contributed by atoms with E-state index in [1.165, 1.54) is 0 Å². The first-order valence-electron chi connectivity index (χ1n) is 6.54. The lowest BCUT2D eigenvalue weighted by Gasteiger charge is -2.23. The lowest BCUT2D eigenvalue weighted by molar-refractivity contribution is 0.0606. The van der Waals surface area contributed by atoms with Crippen molar-refractivity contribution in [2.75, 3.05) is 18.5 Å². The summed E-state index contributed by atoms with van der Waals surface area (Å²) in [7, 11) is 2.03. The van der Waals surface area contributed by atoms with Gasteiger partial charge in [0.1, 0.15) is 0 Å². The van der Waals surface area contributed by atoms with Crippen molar-refractivity contribution in [2.45, 2.75) is 32.0 Å². The molecule has 1 fully saturated rings. The molecule has 5 nitrogen and oxygen atoms in total. The summed E-state index contributed by atoms with van der Waals surface area (Å²) in [6.07, 6.45) is 2.88. The van der Waals surface area contributed by atoms with E-state index >= 15 is 0 Å². The molecule has 3 N–H and O–H groups in total. The van der Waals surface area contributed by atoms with Crippen LogP contribution in [0.3, 0.4) is 0 Å². The Morgan fingerprint density at radius 3 is 2.95 bits per heavy atom. The van der Waals surface area contributed by atoms with E-state index in [4.69, 9.17) is 15.7 Å². The van der Waals surface area contributed by atoms with Crippen molar-refractivity contribution in [2.24, 2.45) is 10.9 Å². The maximum Gasteiger partial charge on any atom is 0.170 e. The Kier molecular flexibility index (Phi) is 4.27. The summed E-state index contributed by atoms with van der Waals surface area (Å²) < 4.78 is 5.82. The molecule has 1 aromatic carbocycles. The molecule has 0 radical (unpaired) electrons. The minimum atomic E-state index is 0.126. The van der Waals surface area contributed by atoms with Crippen molar-refractivity contribution in [3.8, 4) is 0 Å².